The molecule has 2 amide bonds. The molecule has 0 saturated heterocycles. The Kier molecular flexibility index (Phi) is 11.2. The van der Waals surface area contributed by atoms with Crippen LogP contribution in [0.3, 0.4) is 0 Å². The number of hydrogen-bond acceptors (Lipinski definition) is 7. The molecule has 1 rings (SSSR count). The zero-order chi connectivity index (χ0) is 21.0. The average Bonchev–Trinajstić information content (AvgIpc) is 3.28. The van der Waals surface area contributed by atoms with Gasteiger partial charge in [-0.15, -0.1) is 0 Å². The van der Waals surface area contributed by atoms with E-state index >= 15 is 0 Å². The van der Waals surface area contributed by atoms with Crippen LogP contribution in [0.5, 0.6) is 0 Å². The van der Waals surface area contributed by atoms with Crippen LogP contribution < -0.4 is 27.8 Å². The highest BCUT2D eigenvalue weighted by atomic mass is 16.3. The van der Waals surface area contributed by atoms with E-state index < -0.39 is 11.8 Å². The Morgan fingerprint density at radius 3 is 2.39 bits per heavy atom. The summed E-state index contributed by atoms with van der Waals surface area (Å²) >= 11 is 0. The molecule has 1 aliphatic rings. The number of aliphatic hydroxyl groups excluding tert-OH is 1. The summed E-state index contributed by atoms with van der Waals surface area (Å²) in [6.45, 7) is 1.31. The van der Waals surface area contributed by atoms with Gasteiger partial charge in [-0.1, -0.05) is 6.42 Å². The highest BCUT2D eigenvalue weighted by Gasteiger charge is 2.55. The molecule has 0 heterocycles. The Morgan fingerprint density at radius 2 is 1.71 bits per heavy atom. The fraction of sp³-hybridized carbons (Fsp3) is 0.842. The first-order valence-corrected chi connectivity index (χ1v) is 10.3. The molecule has 1 aliphatic carbocycles. The first-order chi connectivity index (χ1) is 13.3. The molecule has 28 heavy (non-hydrogen) atoms. The highest BCUT2D eigenvalue weighted by Crippen LogP contribution is 2.35. The van der Waals surface area contributed by atoms with E-state index in [0.717, 1.165) is 38.6 Å². The molecule has 3 atom stereocenters. The molecule has 1 fully saturated rings. The maximum absolute atomic E-state index is 12.3. The van der Waals surface area contributed by atoms with Crippen molar-refractivity contribution < 1.29 is 19.5 Å². The quantitative estimate of drug-likeness (QED) is 0.140. The van der Waals surface area contributed by atoms with Crippen molar-refractivity contribution in [3.8, 4) is 0 Å². The Bertz CT molecular complexity index is 515. The summed E-state index contributed by atoms with van der Waals surface area (Å²) < 4.78 is 0. The van der Waals surface area contributed by atoms with Gasteiger partial charge in [-0.25, -0.2) is 0 Å². The van der Waals surface area contributed by atoms with Crippen LogP contribution in [0.2, 0.25) is 0 Å². The molecule has 0 aromatic carbocycles. The van der Waals surface area contributed by atoms with Crippen molar-refractivity contribution in [2.24, 2.45) is 17.2 Å². The van der Waals surface area contributed by atoms with E-state index in [0.29, 0.717) is 45.1 Å². The molecule has 9 N–H and O–H groups in total. The molecular weight excluding hydrogens is 362 g/mol. The van der Waals surface area contributed by atoms with Crippen molar-refractivity contribution in [3.63, 3.8) is 0 Å². The maximum Gasteiger partial charge on any atom is 0.220 e. The number of primary amides is 1. The smallest absolute Gasteiger partial charge is 0.220 e. The predicted molar refractivity (Wildman–Crippen MR) is 107 cm³/mol. The van der Waals surface area contributed by atoms with Crippen molar-refractivity contribution in [2.45, 2.75) is 88.4 Å². The van der Waals surface area contributed by atoms with Crippen molar-refractivity contribution in [1.82, 2.24) is 10.6 Å². The Balaban J connectivity index is 2.04. The van der Waals surface area contributed by atoms with Crippen molar-refractivity contribution in [2.75, 3.05) is 13.1 Å². The van der Waals surface area contributed by atoms with Crippen LogP contribution in [-0.4, -0.2) is 53.6 Å². The lowest BCUT2D eigenvalue weighted by Crippen LogP contribution is -2.41. The number of carbonyl (C=O) groups excluding carboxylic acids is 3. The monoisotopic (exact) mass is 399 g/mol. The van der Waals surface area contributed by atoms with E-state index in [2.05, 4.69) is 10.6 Å². The van der Waals surface area contributed by atoms with E-state index in [1.54, 1.807) is 0 Å². The van der Waals surface area contributed by atoms with Gasteiger partial charge < -0.3 is 32.9 Å². The fourth-order valence-corrected chi connectivity index (χ4v) is 3.16. The zero-order valence-electron chi connectivity index (χ0n) is 16.8. The molecule has 0 spiro atoms. The summed E-state index contributed by atoms with van der Waals surface area (Å²) in [6.07, 6.45) is 6.00. The number of carbonyl (C=O) groups is 3. The summed E-state index contributed by atoms with van der Waals surface area (Å²) in [5.41, 5.74) is 15.7. The van der Waals surface area contributed by atoms with Gasteiger partial charge in [0.1, 0.15) is 6.23 Å². The summed E-state index contributed by atoms with van der Waals surface area (Å²) in [4.78, 5) is 34.7. The zero-order valence-corrected chi connectivity index (χ0v) is 16.8. The first-order valence-electron chi connectivity index (χ1n) is 10.3. The van der Waals surface area contributed by atoms with Gasteiger partial charge in [0.25, 0.3) is 0 Å². The van der Waals surface area contributed by atoms with Gasteiger partial charge in [0.05, 0.1) is 5.54 Å². The van der Waals surface area contributed by atoms with E-state index in [-0.39, 0.29) is 23.6 Å². The van der Waals surface area contributed by atoms with E-state index in [9.17, 15) is 14.4 Å². The molecule has 0 bridgehead atoms. The third-order valence-electron chi connectivity index (χ3n) is 5.07. The minimum Gasteiger partial charge on any atom is -0.379 e. The topological polar surface area (TPSA) is 174 Å². The van der Waals surface area contributed by atoms with Gasteiger partial charge >= 0.3 is 0 Å². The SMILES string of the molecule is NC(=O)CCCCCNC1CC1(N)C(=O)CCCC(=O)NCCCCC(N)O. The van der Waals surface area contributed by atoms with Crippen molar-refractivity contribution >= 4 is 17.6 Å². The van der Waals surface area contributed by atoms with Gasteiger partial charge in [0.2, 0.25) is 11.8 Å². The minimum absolute atomic E-state index is 0.00265. The molecule has 0 radical (unpaired) electrons. The Hall–Kier alpha value is -1.55. The molecule has 0 aliphatic heterocycles. The van der Waals surface area contributed by atoms with Gasteiger partial charge in [0, 0.05) is 31.8 Å². The molecule has 0 aromatic heterocycles. The van der Waals surface area contributed by atoms with Crippen LogP contribution in [0.15, 0.2) is 0 Å². The standard InChI is InChI=1S/C19H37N5O4/c20-16(26)8-2-1-4-11-23-14-13-19(14,22)15(25)7-6-10-18(28)24-12-5-3-9-17(21)27/h14,17,23,27H,1-13,21-22H2,(H2,20,26)(H,24,28). The maximum atomic E-state index is 12.3. The number of aliphatic hydroxyl groups is 1. The van der Waals surface area contributed by atoms with Gasteiger partial charge in [0.15, 0.2) is 5.78 Å². The molecular formula is C19H37N5O4. The van der Waals surface area contributed by atoms with Gasteiger partial charge in [-0.05, 0) is 51.5 Å². The fourth-order valence-electron chi connectivity index (χ4n) is 3.16. The van der Waals surface area contributed by atoms with Crippen LogP contribution in [0, 0.1) is 0 Å². The van der Waals surface area contributed by atoms with E-state index in [1.165, 1.54) is 0 Å². The van der Waals surface area contributed by atoms with E-state index in [4.69, 9.17) is 22.3 Å². The van der Waals surface area contributed by atoms with Gasteiger partial charge in [-0.3, -0.25) is 14.4 Å². The van der Waals surface area contributed by atoms with Crippen LogP contribution in [-0.2, 0) is 14.4 Å². The Labute approximate surface area is 167 Å². The molecule has 9 heteroatoms. The predicted octanol–water partition coefficient (Wildman–Crippen LogP) is -0.605. The number of nitrogens with two attached hydrogens (primary N) is 3. The molecule has 1 saturated carbocycles. The lowest BCUT2D eigenvalue weighted by atomic mass is 10.0. The lowest BCUT2D eigenvalue weighted by molar-refractivity contribution is -0.122. The second kappa shape index (κ2) is 12.8. The number of unbranched alkanes of at least 4 members (excludes halogenated alkanes) is 3. The first kappa shape index (κ1) is 24.5. The normalized spacial score (nSPS) is 21.9. The van der Waals surface area contributed by atoms with Crippen LogP contribution in [0.4, 0.5) is 0 Å². The number of hydrogen-bond donors (Lipinski definition) is 6. The average molecular weight is 400 g/mol. The largest absolute Gasteiger partial charge is 0.379 e. The number of amides is 2. The number of ketones is 1. The summed E-state index contributed by atoms with van der Waals surface area (Å²) in [6, 6.07) is 0.00265. The van der Waals surface area contributed by atoms with E-state index in [1.807, 2.05) is 0 Å². The van der Waals surface area contributed by atoms with Crippen molar-refractivity contribution in [3.05, 3.63) is 0 Å². The number of rotatable bonds is 17. The summed E-state index contributed by atoms with van der Waals surface area (Å²) in [7, 11) is 0. The second-order valence-corrected chi connectivity index (χ2v) is 7.72. The van der Waals surface area contributed by atoms with Gasteiger partial charge in [-0.2, -0.15) is 0 Å². The minimum atomic E-state index is -0.799. The molecule has 0 aromatic rings. The number of Topliss-reactive ketones (excluding diaryl/α,β-unsaturated/α-hetero) is 1. The molecule has 9 nitrogen and oxygen atoms in total. The molecule has 162 valence electrons. The number of nitrogens with one attached hydrogen (secondary N) is 2. The lowest BCUT2D eigenvalue weighted by Gasteiger charge is -2.11. The van der Waals surface area contributed by atoms with Crippen LogP contribution >= 0.6 is 0 Å². The highest BCUT2D eigenvalue weighted by molar-refractivity contribution is 5.93. The third-order valence-corrected chi connectivity index (χ3v) is 5.07. The Morgan fingerprint density at radius 1 is 1.00 bits per heavy atom. The third kappa shape index (κ3) is 10.1. The summed E-state index contributed by atoms with van der Waals surface area (Å²) in [5.74, 6) is -0.348. The van der Waals surface area contributed by atoms with Crippen LogP contribution in [0.1, 0.15) is 70.6 Å². The second-order valence-electron chi connectivity index (χ2n) is 7.72. The van der Waals surface area contributed by atoms with Crippen molar-refractivity contribution in [1.29, 1.82) is 0 Å². The van der Waals surface area contributed by atoms with Crippen LogP contribution in [0.25, 0.3) is 0 Å². The summed E-state index contributed by atoms with van der Waals surface area (Å²) in [5, 5.41) is 15.0. The molecule has 3 unspecified atom stereocenters.